The summed E-state index contributed by atoms with van der Waals surface area (Å²) in [6, 6.07) is 11.3. The Morgan fingerprint density at radius 1 is 1.35 bits per heavy atom. The van der Waals surface area contributed by atoms with Gasteiger partial charge in [-0.15, -0.1) is 11.3 Å². The molecule has 4 heteroatoms. The Bertz CT molecular complexity index is 530. The molecule has 90 valence electrons. The molecule has 0 spiro atoms. The third-order valence-electron chi connectivity index (χ3n) is 3.06. The first-order chi connectivity index (χ1) is 8.22. The lowest BCUT2D eigenvalue weighted by Gasteiger charge is -2.27. The molecule has 0 saturated carbocycles. The number of fused-ring (bicyclic) bond motifs is 1. The van der Waals surface area contributed by atoms with Crippen LogP contribution in [0.4, 0.5) is 0 Å². The molecule has 1 aromatic heterocycles. The maximum absolute atomic E-state index is 11.7. The smallest absolute Gasteiger partial charge is 0.0534 e. The second-order valence-electron chi connectivity index (χ2n) is 4.58. The maximum atomic E-state index is 11.7. The third kappa shape index (κ3) is 2.30. The normalized spacial score (nSPS) is 29.6. The van der Waals surface area contributed by atoms with Gasteiger partial charge in [0.15, 0.2) is 0 Å². The van der Waals surface area contributed by atoms with Gasteiger partial charge in [0.25, 0.3) is 0 Å². The first kappa shape index (κ1) is 11.4. The van der Waals surface area contributed by atoms with Gasteiger partial charge in [0, 0.05) is 37.9 Å². The molecule has 1 N–H and O–H groups in total. The second-order valence-corrected chi connectivity index (χ2v) is 7.24. The lowest BCUT2D eigenvalue weighted by atomic mass is 10.2. The molecular weight excluding hydrogens is 250 g/mol. The van der Waals surface area contributed by atoms with Crippen LogP contribution in [0, 0.1) is 0 Å². The number of nitrogens with one attached hydrogen (secondary N) is 1. The van der Waals surface area contributed by atoms with Crippen molar-refractivity contribution in [1.82, 2.24) is 5.32 Å². The van der Waals surface area contributed by atoms with Crippen LogP contribution in [0.5, 0.6) is 0 Å². The van der Waals surface area contributed by atoms with E-state index in [1.54, 1.807) is 0 Å². The molecular formula is C13H15NOS2. The zero-order valence-electron chi connectivity index (χ0n) is 9.68. The Morgan fingerprint density at radius 2 is 2.18 bits per heavy atom. The van der Waals surface area contributed by atoms with Crippen LogP contribution in [0.2, 0.25) is 0 Å². The van der Waals surface area contributed by atoms with E-state index in [9.17, 15) is 4.21 Å². The van der Waals surface area contributed by atoms with Crippen molar-refractivity contribution in [2.24, 2.45) is 0 Å². The summed E-state index contributed by atoms with van der Waals surface area (Å²) in [5.41, 5.74) is 0. The molecule has 3 atom stereocenters. The molecule has 3 rings (SSSR count). The predicted octanol–water partition coefficient (Wildman–Crippen LogP) is 2.68. The van der Waals surface area contributed by atoms with Crippen molar-refractivity contribution in [1.29, 1.82) is 0 Å². The molecule has 3 unspecified atom stereocenters. The number of thiophene rings is 1. The summed E-state index contributed by atoms with van der Waals surface area (Å²) in [5.74, 6) is 1.53. The summed E-state index contributed by atoms with van der Waals surface area (Å²) in [4.78, 5) is 1.31. The molecule has 1 aliphatic heterocycles. The number of hydrogen-bond donors (Lipinski definition) is 1. The Balaban J connectivity index is 1.95. The minimum Gasteiger partial charge on any atom is -0.305 e. The summed E-state index contributed by atoms with van der Waals surface area (Å²) in [6.45, 7) is 2.11. The van der Waals surface area contributed by atoms with Crippen molar-refractivity contribution in [2.45, 2.75) is 19.0 Å². The summed E-state index contributed by atoms with van der Waals surface area (Å²) in [6.07, 6.45) is 0. The van der Waals surface area contributed by atoms with Gasteiger partial charge in [-0.25, -0.2) is 0 Å². The van der Waals surface area contributed by atoms with Gasteiger partial charge in [-0.2, -0.15) is 0 Å². The van der Waals surface area contributed by atoms with Crippen molar-refractivity contribution in [2.75, 3.05) is 11.5 Å². The maximum Gasteiger partial charge on any atom is 0.0534 e. The summed E-state index contributed by atoms with van der Waals surface area (Å²) >= 11 is 1.81. The number of hydrogen-bond acceptors (Lipinski definition) is 3. The first-order valence-corrected chi connectivity index (χ1v) is 8.12. The third-order valence-corrected chi connectivity index (χ3v) is 5.87. The highest BCUT2D eigenvalue weighted by Gasteiger charge is 2.25. The van der Waals surface area contributed by atoms with Crippen molar-refractivity contribution in [3.63, 3.8) is 0 Å². The van der Waals surface area contributed by atoms with E-state index >= 15 is 0 Å². The van der Waals surface area contributed by atoms with Crippen LogP contribution in [0.3, 0.4) is 0 Å². The topological polar surface area (TPSA) is 29.1 Å². The van der Waals surface area contributed by atoms with Crippen LogP contribution in [0.1, 0.15) is 17.8 Å². The van der Waals surface area contributed by atoms with E-state index in [2.05, 4.69) is 42.6 Å². The van der Waals surface area contributed by atoms with Gasteiger partial charge in [0.05, 0.1) is 6.04 Å². The van der Waals surface area contributed by atoms with Crippen LogP contribution in [-0.4, -0.2) is 21.8 Å². The molecule has 1 aliphatic rings. The largest absolute Gasteiger partial charge is 0.305 e. The highest BCUT2D eigenvalue weighted by atomic mass is 32.2. The van der Waals surface area contributed by atoms with E-state index < -0.39 is 10.8 Å². The van der Waals surface area contributed by atoms with Crippen molar-refractivity contribution in [3.8, 4) is 0 Å². The highest BCUT2D eigenvalue weighted by Crippen LogP contribution is 2.31. The van der Waals surface area contributed by atoms with Gasteiger partial charge in [0.2, 0.25) is 0 Å². The number of benzene rings is 1. The fourth-order valence-electron chi connectivity index (χ4n) is 2.31. The van der Waals surface area contributed by atoms with Crippen LogP contribution < -0.4 is 5.32 Å². The van der Waals surface area contributed by atoms with Gasteiger partial charge >= 0.3 is 0 Å². The molecule has 0 radical (unpaired) electrons. The molecule has 2 aromatic rings. The van der Waals surface area contributed by atoms with Crippen molar-refractivity contribution >= 4 is 32.2 Å². The summed E-state index contributed by atoms with van der Waals surface area (Å²) in [7, 11) is -0.678. The zero-order chi connectivity index (χ0) is 11.8. The van der Waals surface area contributed by atoms with E-state index in [1.807, 2.05) is 11.3 Å². The number of rotatable bonds is 1. The highest BCUT2D eigenvalue weighted by molar-refractivity contribution is 7.85. The molecule has 2 heterocycles. The first-order valence-electron chi connectivity index (χ1n) is 5.82. The van der Waals surface area contributed by atoms with Gasteiger partial charge < -0.3 is 5.32 Å². The van der Waals surface area contributed by atoms with Crippen LogP contribution in [0.15, 0.2) is 30.3 Å². The lowest BCUT2D eigenvalue weighted by molar-refractivity contribution is 0.495. The average Bonchev–Trinajstić information content (AvgIpc) is 2.71. The summed E-state index contributed by atoms with van der Waals surface area (Å²) < 4.78 is 13.1. The molecule has 0 bridgehead atoms. The van der Waals surface area contributed by atoms with Crippen molar-refractivity contribution < 1.29 is 4.21 Å². The summed E-state index contributed by atoms with van der Waals surface area (Å²) in [5, 5.41) is 4.83. The van der Waals surface area contributed by atoms with E-state index in [0.717, 1.165) is 11.5 Å². The quantitative estimate of drug-likeness (QED) is 0.859. The van der Waals surface area contributed by atoms with E-state index in [-0.39, 0.29) is 6.04 Å². The zero-order valence-corrected chi connectivity index (χ0v) is 11.3. The van der Waals surface area contributed by atoms with E-state index in [1.165, 1.54) is 15.0 Å². The lowest BCUT2D eigenvalue weighted by Crippen LogP contribution is -2.42. The van der Waals surface area contributed by atoms with Crippen molar-refractivity contribution in [3.05, 3.63) is 35.2 Å². The molecule has 1 aromatic carbocycles. The Morgan fingerprint density at radius 3 is 2.94 bits per heavy atom. The Labute approximate surface area is 107 Å². The molecule has 17 heavy (non-hydrogen) atoms. The Kier molecular flexibility index (Phi) is 3.03. The minimum absolute atomic E-state index is 0.261. The minimum atomic E-state index is -0.678. The van der Waals surface area contributed by atoms with Crippen LogP contribution >= 0.6 is 11.3 Å². The fourth-order valence-corrected chi connectivity index (χ4v) is 4.98. The van der Waals surface area contributed by atoms with Gasteiger partial charge in [0.1, 0.15) is 0 Å². The molecule has 1 fully saturated rings. The van der Waals surface area contributed by atoms with E-state index in [0.29, 0.717) is 6.04 Å². The van der Waals surface area contributed by atoms with Gasteiger partial charge in [-0.05, 0) is 24.4 Å². The molecule has 0 amide bonds. The standard InChI is InChI=1S/C13H15NOS2/c1-9-7-17(15)8-11(14-9)13-6-10-4-2-3-5-12(10)16-13/h2-6,9,11,14H,7-8H2,1H3. The Hall–Kier alpha value is -0.710. The monoisotopic (exact) mass is 265 g/mol. The average molecular weight is 265 g/mol. The molecule has 2 nitrogen and oxygen atoms in total. The molecule has 0 aliphatic carbocycles. The van der Waals surface area contributed by atoms with Crippen LogP contribution in [-0.2, 0) is 10.8 Å². The van der Waals surface area contributed by atoms with Gasteiger partial charge in [-0.1, -0.05) is 18.2 Å². The van der Waals surface area contributed by atoms with Crippen LogP contribution in [0.25, 0.3) is 10.1 Å². The fraction of sp³-hybridized carbons (Fsp3) is 0.385. The van der Waals surface area contributed by atoms with Gasteiger partial charge in [-0.3, -0.25) is 4.21 Å². The predicted molar refractivity (Wildman–Crippen MR) is 75.0 cm³/mol. The molecule has 1 saturated heterocycles. The second kappa shape index (κ2) is 4.52. The SMILES string of the molecule is CC1CS(=O)CC(c2cc3ccccc3s2)N1. The van der Waals surface area contributed by atoms with E-state index in [4.69, 9.17) is 0 Å².